The summed E-state index contributed by atoms with van der Waals surface area (Å²) in [5.74, 6) is 0.745. The second-order valence-electron chi connectivity index (χ2n) is 5.12. The SMILES string of the molecule is COc1cc(C)c(N)cc1S(=O)(=O)N1CCC(C)C1. The minimum atomic E-state index is -3.53. The fourth-order valence-corrected chi connectivity index (χ4v) is 4.04. The van der Waals surface area contributed by atoms with E-state index in [-0.39, 0.29) is 4.90 Å². The quantitative estimate of drug-likeness (QED) is 0.856. The van der Waals surface area contributed by atoms with E-state index in [0.717, 1.165) is 12.0 Å². The Kier molecular flexibility index (Phi) is 3.73. The molecular weight excluding hydrogens is 264 g/mol. The van der Waals surface area contributed by atoms with Crippen LogP contribution in [0.2, 0.25) is 0 Å². The number of nitrogens with two attached hydrogens (primary N) is 1. The molecule has 19 heavy (non-hydrogen) atoms. The van der Waals surface area contributed by atoms with Gasteiger partial charge in [0, 0.05) is 18.8 Å². The highest BCUT2D eigenvalue weighted by atomic mass is 32.2. The summed E-state index contributed by atoms with van der Waals surface area (Å²) in [6, 6.07) is 3.16. The number of hydrogen-bond acceptors (Lipinski definition) is 4. The highest BCUT2D eigenvalue weighted by Gasteiger charge is 2.33. The van der Waals surface area contributed by atoms with Gasteiger partial charge in [-0.3, -0.25) is 0 Å². The molecule has 0 amide bonds. The van der Waals surface area contributed by atoms with Crippen molar-refractivity contribution in [3.8, 4) is 5.75 Å². The molecular formula is C13H20N2O3S. The highest BCUT2D eigenvalue weighted by Crippen LogP contribution is 2.33. The van der Waals surface area contributed by atoms with Crippen molar-refractivity contribution in [2.45, 2.75) is 25.2 Å². The summed E-state index contributed by atoms with van der Waals surface area (Å²) in [6.07, 6.45) is 0.892. The molecule has 1 saturated heterocycles. The summed E-state index contributed by atoms with van der Waals surface area (Å²) in [5, 5.41) is 0. The molecule has 1 fully saturated rings. The molecule has 2 rings (SSSR count). The van der Waals surface area contributed by atoms with E-state index in [1.807, 2.05) is 6.92 Å². The number of hydrogen-bond donors (Lipinski definition) is 1. The monoisotopic (exact) mass is 284 g/mol. The smallest absolute Gasteiger partial charge is 0.246 e. The maximum absolute atomic E-state index is 12.6. The number of anilines is 1. The summed E-state index contributed by atoms with van der Waals surface area (Å²) in [6.45, 7) is 4.99. The molecule has 0 radical (unpaired) electrons. The summed E-state index contributed by atoms with van der Waals surface area (Å²) >= 11 is 0. The normalized spacial score (nSPS) is 20.7. The van der Waals surface area contributed by atoms with Crippen LogP contribution in [0.4, 0.5) is 5.69 Å². The van der Waals surface area contributed by atoms with Crippen LogP contribution in [0.5, 0.6) is 5.75 Å². The van der Waals surface area contributed by atoms with E-state index in [9.17, 15) is 8.42 Å². The second-order valence-corrected chi connectivity index (χ2v) is 7.02. The van der Waals surface area contributed by atoms with Gasteiger partial charge in [-0.2, -0.15) is 4.31 Å². The van der Waals surface area contributed by atoms with E-state index in [1.165, 1.54) is 17.5 Å². The van der Waals surface area contributed by atoms with Gasteiger partial charge in [-0.15, -0.1) is 0 Å². The maximum Gasteiger partial charge on any atom is 0.246 e. The van der Waals surface area contributed by atoms with Gasteiger partial charge in [0.25, 0.3) is 0 Å². The zero-order valence-corrected chi connectivity index (χ0v) is 12.3. The van der Waals surface area contributed by atoms with Gasteiger partial charge in [-0.25, -0.2) is 8.42 Å². The summed E-state index contributed by atoms with van der Waals surface area (Å²) < 4.78 is 31.9. The molecule has 0 aliphatic carbocycles. The first-order valence-corrected chi connectivity index (χ1v) is 7.74. The van der Waals surface area contributed by atoms with E-state index >= 15 is 0 Å². The second kappa shape index (κ2) is 5.02. The maximum atomic E-state index is 12.6. The Morgan fingerprint density at radius 2 is 2.11 bits per heavy atom. The van der Waals surface area contributed by atoms with E-state index in [0.29, 0.717) is 30.4 Å². The van der Waals surface area contributed by atoms with Crippen molar-refractivity contribution < 1.29 is 13.2 Å². The van der Waals surface area contributed by atoms with E-state index in [1.54, 1.807) is 6.07 Å². The lowest BCUT2D eigenvalue weighted by Crippen LogP contribution is -2.29. The lowest BCUT2D eigenvalue weighted by molar-refractivity contribution is 0.397. The summed E-state index contributed by atoms with van der Waals surface area (Å²) in [5.41, 5.74) is 7.10. The van der Waals surface area contributed by atoms with Gasteiger partial charge < -0.3 is 10.5 Å². The number of sulfonamides is 1. The predicted molar refractivity (Wildman–Crippen MR) is 74.7 cm³/mol. The van der Waals surface area contributed by atoms with Crippen LogP contribution in [0.1, 0.15) is 18.9 Å². The average molecular weight is 284 g/mol. The van der Waals surface area contributed by atoms with Crippen molar-refractivity contribution in [2.75, 3.05) is 25.9 Å². The third-order valence-electron chi connectivity index (χ3n) is 3.56. The molecule has 2 N–H and O–H groups in total. The molecule has 106 valence electrons. The minimum absolute atomic E-state index is 0.159. The zero-order valence-electron chi connectivity index (χ0n) is 11.5. The van der Waals surface area contributed by atoms with Gasteiger partial charge in [-0.1, -0.05) is 6.92 Å². The largest absolute Gasteiger partial charge is 0.495 e. The van der Waals surface area contributed by atoms with Crippen LogP contribution in [0.3, 0.4) is 0 Å². The Labute approximate surface area is 114 Å². The standard InChI is InChI=1S/C13H20N2O3S/c1-9-4-5-15(8-9)19(16,17)13-7-11(14)10(2)6-12(13)18-3/h6-7,9H,4-5,8,14H2,1-3H3. The van der Waals surface area contributed by atoms with Crippen LogP contribution in [0.15, 0.2) is 17.0 Å². The molecule has 1 atom stereocenters. The number of rotatable bonds is 3. The Morgan fingerprint density at radius 3 is 2.63 bits per heavy atom. The van der Waals surface area contributed by atoms with Crippen LogP contribution >= 0.6 is 0 Å². The number of nitrogens with zero attached hydrogens (tertiary/aromatic N) is 1. The van der Waals surface area contributed by atoms with Crippen molar-refractivity contribution in [1.29, 1.82) is 0 Å². The first-order valence-electron chi connectivity index (χ1n) is 6.30. The van der Waals surface area contributed by atoms with Crippen molar-refractivity contribution in [2.24, 2.45) is 5.92 Å². The fourth-order valence-electron chi connectivity index (χ4n) is 2.29. The number of methoxy groups -OCH3 is 1. The molecule has 1 aromatic carbocycles. The molecule has 1 aromatic rings. The average Bonchev–Trinajstić information content (AvgIpc) is 2.79. The molecule has 5 nitrogen and oxygen atoms in total. The van der Waals surface area contributed by atoms with Crippen molar-refractivity contribution in [3.63, 3.8) is 0 Å². The first-order chi connectivity index (χ1) is 8.86. The Hall–Kier alpha value is -1.27. The highest BCUT2D eigenvalue weighted by molar-refractivity contribution is 7.89. The molecule has 0 bridgehead atoms. The molecule has 6 heteroatoms. The van der Waals surface area contributed by atoms with Gasteiger partial charge in [0.2, 0.25) is 10.0 Å². The third-order valence-corrected chi connectivity index (χ3v) is 5.44. The lowest BCUT2D eigenvalue weighted by Gasteiger charge is -2.19. The molecule has 1 heterocycles. The molecule has 0 spiro atoms. The number of aryl methyl sites for hydroxylation is 1. The van der Waals surface area contributed by atoms with Crippen molar-refractivity contribution in [3.05, 3.63) is 17.7 Å². The van der Waals surface area contributed by atoms with Gasteiger partial charge >= 0.3 is 0 Å². The zero-order chi connectivity index (χ0) is 14.2. The lowest BCUT2D eigenvalue weighted by atomic mass is 10.2. The van der Waals surface area contributed by atoms with Gasteiger partial charge in [0.05, 0.1) is 7.11 Å². The van der Waals surface area contributed by atoms with E-state index in [2.05, 4.69) is 6.92 Å². The van der Waals surface area contributed by atoms with Crippen LogP contribution < -0.4 is 10.5 Å². The fraction of sp³-hybridized carbons (Fsp3) is 0.538. The third kappa shape index (κ3) is 2.55. The number of ether oxygens (including phenoxy) is 1. The summed E-state index contributed by atoms with van der Waals surface area (Å²) in [4.78, 5) is 0.159. The van der Waals surface area contributed by atoms with Crippen LogP contribution in [0.25, 0.3) is 0 Å². The number of nitrogen functional groups attached to an aromatic ring is 1. The van der Waals surface area contributed by atoms with Gasteiger partial charge in [0.1, 0.15) is 10.6 Å². The van der Waals surface area contributed by atoms with Crippen LogP contribution in [0, 0.1) is 12.8 Å². The molecule has 1 aliphatic rings. The Balaban J connectivity index is 2.48. The number of benzene rings is 1. The van der Waals surface area contributed by atoms with Crippen molar-refractivity contribution in [1.82, 2.24) is 4.31 Å². The van der Waals surface area contributed by atoms with E-state index < -0.39 is 10.0 Å². The van der Waals surface area contributed by atoms with Crippen LogP contribution in [-0.4, -0.2) is 32.9 Å². The Bertz CT molecular complexity index is 584. The summed E-state index contributed by atoms with van der Waals surface area (Å²) in [7, 11) is -2.06. The Morgan fingerprint density at radius 1 is 1.42 bits per heavy atom. The first kappa shape index (κ1) is 14.1. The molecule has 0 saturated carbocycles. The topological polar surface area (TPSA) is 72.6 Å². The van der Waals surface area contributed by atoms with Gasteiger partial charge in [-0.05, 0) is 37.0 Å². The van der Waals surface area contributed by atoms with Crippen LogP contribution in [-0.2, 0) is 10.0 Å². The van der Waals surface area contributed by atoms with Crippen molar-refractivity contribution >= 4 is 15.7 Å². The van der Waals surface area contributed by atoms with E-state index in [4.69, 9.17) is 10.5 Å². The molecule has 1 unspecified atom stereocenters. The minimum Gasteiger partial charge on any atom is -0.495 e. The van der Waals surface area contributed by atoms with Gasteiger partial charge in [0.15, 0.2) is 0 Å². The predicted octanol–water partition coefficient (Wildman–Crippen LogP) is 1.62. The molecule has 0 aromatic heterocycles. The molecule has 1 aliphatic heterocycles.